The minimum atomic E-state index is 0.929. The summed E-state index contributed by atoms with van der Waals surface area (Å²) < 4.78 is 0. The highest BCUT2D eigenvalue weighted by Gasteiger charge is 2.21. The van der Waals surface area contributed by atoms with Gasteiger partial charge >= 0.3 is 0 Å². The molecule has 0 radical (unpaired) electrons. The van der Waals surface area contributed by atoms with Gasteiger partial charge < -0.3 is 4.90 Å². The Morgan fingerprint density at radius 3 is 1.54 bits per heavy atom. The third-order valence-electron chi connectivity index (χ3n) is 9.61. The van der Waals surface area contributed by atoms with Crippen molar-refractivity contribution in [2.24, 2.45) is 0 Å². The van der Waals surface area contributed by atoms with E-state index in [1.165, 1.54) is 38.9 Å². The summed E-state index contributed by atoms with van der Waals surface area (Å²) in [4.78, 5) is 12.2. The fraction of sp³-hybridized carbons (Fsp3) is 0.0612. The van der Waals surface area contributed by atoms with E-state index in [-0.39, 0.29) is 0 Å². The maximum Gasteiger partial charge on any atom is 0.0709 e. The molecule has 3 heteroatoms. The minimum absolute atomic E-state index is 0.929. The number of hydrogen-bond acceptors (Lipinski definition) is 3. The van der Waals surface area contributed by atoms with Crippen molar-refractivity contribution in [1.82, 2.24) is 9.97 Å². The molecule has 0 saturated heterocycles. The van der Waals surface area contributed by atoms with Gasteiger partial charge in [0.1, 0.15) is 0 Å². The highest BCUT2D eigenvalue weighted by Crippen LogP contribution is 2.45. The smallest absolute Gasteiger partial charge is 0.0709 e. The molecule has 6 aromatic carbocycles. The largest absolute Gasteiger partial charge is 0.310 e. The predicted octanol–water partition coefficient (Wildman–Crippen LogP) is 13.2. The van der Waals surface area contributed by atoms with Gasteiger partial charge in [0.15, 0.2) is 0 Å². The molecule has 0 saturated carbocycles. The van der Waals surface area contributed by atoms with E-state index in [0.717, 1.165) is 50.7 Å². The van der Waals surface area contributed by atoms with Gasteiger partial charge in [0.25, 0.3) is 0 Å². The molecule has 3 nitrogen and oxygen atoms in total. The molecule has 8 rings (SSSR count). The van der Waals surface area contributed by atoms with Crippen molar-refractivity contribution in [2.45, 2.75) is 20.8 Å². The molecule has 0 fully saturated rings. The molecule has 0 aliphatic rings. The van der Waals surface area contributed by atoms with Crippen molar-refractivity contribution in [3.05, 3.63) is 199 Å². The Kier molecular flexibility index (Phi) is 8.99. The molecule has 0 atom stereocenters. The molecule has 0 N–H and O–H groups in total. The van der Waals surface area contributed by atoms with E-state index in [1.807, 2.05) is 18.5 Å². The van der Waals surface area contributed by atoms with Crippen LogP contribution in [0.5, 0.6) is 0 Å². The summed E-state index contributed by atoms with van der Waals surface area (Å²) in [5.74, 6) is 0. The highest BCUT2D eigenvalue weighted by atomic mass is 15.1. The Balaban J connectivity index is 1.31. The van der Waals surface area contributed by atoms with Gasteiger partial charge in [-0.25, -0.2) is 0 Å². The van der Waals surface area contributed by atoms with Gasteiger partial charge in [-0.15, -0.1) is 0 Å². The number of benzene rings is 6. The second kappa shape index (κ2) is 14.3. The van der Waals surface area contributed by atoms with Crippen molar-refractivity contribution < 1.29 is 0 Å². The predicted molar refractivity (Wildman–Crippen MR) is 218 cm³/mol. The lowest BCUT2D eigenvalue weighted by Crippen LogP contribution is -2.13. The van der Waals surface area contributed by atoms with Crippen LogP contribution in [0.4, 0.5) is 17.1 Å². The van der Waals surface area contributed by atoms with E-state index in [0.29, 0.717) is 0 Å². The van der Waals surface area contributed by atoms with Crippen molar-refractivity contribution >= 4 is 17.1 Å². The van der Waals surface area contributed by atoms with E-state index in [2.05, 4.69) is 189 Å². The van der Waals surface area contributed by atoms with Gasteiger partial charge in [-0.2, -0.15) is 0 Å². The molecular formula is C49H39N3. The van der Waals surface area contributed by atoms with Gasteiger partial charge in [-0.1, -0.05) is 127 Å². The number of nitrogens with zero attached hydrogens (tertiary/aromatic N) is 3. The van der Waals surface area contributed by atoms with E-state index < -0.39 is 0 Å². The minimum Gasteiger partial charge on any atom is -0.310 e. The number of anilines is 3. The summed E-state index contributed by atoms with van der Waals surface area (Å²) in [7, 11) is 0. The third kappa shape index (κ3) is 6.65. The van der Waals surface area contributed by atoms with Crippen LogP contribution in [0.25, 0.3) is 55.9 Å². The Morgan fingerprint density at radius 2 is 0.923 bits per heavy atom. The van der Waals surface area contributed by atoms with Gasteiger partial charge in [-0.05, 0) is 108 Å². The molecule has 52 heavy (non-hydrogen) atoms. The van der Waals surface area contributed by atoms with Crippen LogP contribution >= 0.6 is 0 Å². The lowest BCUT2D eigenvalue weighted by molar-refractivity contribution is 1.23. The average molecular weight is 670 g/mol. The molecule has 0 aliphatic carbocycles. The van der Waals surface area contributed by atoms with Crippen LogP contribution in [-0.2, 0) is 0 Å². The molecular weight excluding hydrogens is 631 g/mol. The summed E-state index contributed by atoms with van der Waals surface area (Å²) in [6.45, 7) is 6.52. The first-order valence-electron chi connectivity index (χ1n) is 17.7. The number of aryl methyl sites for hydroxylation is 3. The molecule has 0 aliphatic heterocycles. The van der Waals surface area contributed by atoms with Crippen molar-refractivity contribution in [1.29, 1.82) is 0 Å². The van der Waals surface area contributed by atoms with Crippen LogP contribution in [-0.4, -0.2) is 9.97 Å². The molecule has 2 heterocycles. The summed E-state index contributed by atoms with van der Waals surface area (Å²) in [5, 5.41) is 0. The first-order valence-corrected chi connectivity index (χ1v) is 17.7. The zero-order chi connectivity index (χ0) is 35.4. The van der Waals surface area contributed by atoms with E-state index in [9.17, 15) is 0 Å². The molecule has 2 aromatic heterocycles. The Bertz CT molecular complexity index is 2490. The highest BCUT2D eigenvalue weighted by molar-refractivity contribution is 5.92. The fourth-order valence-corrected chi connectivity index (χ4v) is 7.12. The molecule has 0 unspecified atom stereocenters. The Hall–Kier alpha value is -6.58. The lowest BCUT2D eigenvalue weighted by atomic mass is 9.95. The zero-order valence-corrected chi connectivity index (χ0v) is 29.7. The van der Waals surface area contributed by atoms with Crippen LogP contribution in [0.1, 0.15) is 16.7 Å². The lowest BCUT2D eigenvalue weighted by Gasteiger charge is -2.30. The van der Waals surface area contributed by atoms with Crippen LogP contribution in [0, 0.1) is 20.8 Å². The van der Waals surface area contributed by atoms with E-state index in [1.54, 1.807) is 0 Å². The van der Waals surface area contributed by atoms with Crippen molar-refractivity contribution in [3.8, 4) is 55.9 Å². The van der Waals surface area contributed by atoms with Crippen LogP contribution in [0.3, 0.4) is 0 Å². The molecule has 0 spiro atoms. The van der Waals surface area contributed by atoms with Gasteiger partial charge in [0.2, 0.25) is 0 Å². The topological polar surface area (TPSA) is 29.0 Å². The molecule has 0 amide bonds. The summed E-state index contributed by atoms with van der Waals surface area (Å²) in [6.07, 6.45) is 3.89. The Morgan fingerprint density at radius 1 is 0.385 bits per heavy atom. The first kappa shape index (κ1) is 32.6. The SMILES string of the molecule is Cc1cc(C)c(N(c2cccc(-c3cc(-c4ccccc4)ccn3)c2)c2cccc(-c3cc(-c4ccccc4)c(C)cn3)c2)c(-c2ccccc2)c1. The van der Waals surface area contributed by atoms with E-state index >= 15 is 0 Å². The number of aromatic nitrogens is 2. The fourth-order valence-electron chi connectivity index (χ4n) is 7.12. The number of hydrogen-bond donors (Lipinski definition) is 0. The third-order valence-corrected chi connectivity index (χ3v) is 9.61. The van der Waals surface area contributed by atoms with Crippen molar-refractivity contribution in [2.75, 3.05) is 4.90 Å². The maximum absolute atomic E-state index is 4.94. The summed E-state index contributed by atoms with van der Waals surface area (Å²) in [5.41, 5.74) is 17.8. The Labute approximate surface area is 306 Å². The van der Waals surface area contributed by atoms with Gasteiger partial charge in [0, 0.05) is 40.5 Å². The van der Waals surface area contributed by atoms with Crippen LogP contribution < -0.4 is 4.90 Å². The first-order chi connectivity index (χ1) is 25.5. The van der Waals surface area contributed by atoms with Gasteiger partial charge in [0.05, 0.1) is 17.1 Å². The van der Waals surface area contributed by atoms with Crippen molar-refractivity contribution in [3.63, 3.8) is 0 Å². The van der Waals surface area contributed by atoms with E-state index in [4.69, 9.17) is 9.97 Å². The molecule has 8 aromatic rings. The number of rotatable bonds is 8. The standard InChI is InChI=1S/C49H39N3/c1-34-27-35(2)49(46(28-34)39-19-11-6-12-20-39)52(43-23-13-21-41(29-43)47-31-40(25-26-50-47)37-15-7-4-8-16-37)44-24-14-22-42(30-44)48-32-45(36(3)33-51-48)38-17-9-5-10-18-38/h4-33H,1-3H3. The van der Waals surface area contributed by atoms with Gasteiger partial charge in [-0.3, -0.25) is 9.97 Å². The summed E-state index contributed by atoms with van der Waals surface area (Å²) >= 11 is 0. The normalized spacial score (nSPS) is 11.0. The molecule has 250 valence electrons. The number of pyridine rings is 2. The zero-order valence-electron chi connectivity index (χ0n) is 29.7. The quantitative estimate of drug-likeness (QED) is 0.161. The average Bonchev–Trinajstić information content (AvgIpc) is 3.20. The monoisotopic (exact) mass is 669 g/mol. The molecule has 0 bridgehead atoms. The van der Waals surface area contributed by atoms with Crippen LogP contribution in [0.2, 0.25) is 0 Å². The second-order valence-electron chi connectivity index (χ2n) is 13.3. The maximum atomic E-state index is 4.94. The summed E-state index contributed by atoms with van der Waals surface area (Å²) in [6, 6.07) is 60.3. The van der Waals surface area contributed by atoms with Crippen LogP contribution in [0.15, 0.2) is 182 Å². The second-order valence-corrected chi connectivity index (χ2v) is 13.3.